The molecule has 2 aromatic heterocycles. The standard InChI is InChI=1S/C22H14F2N4OS/c23-15-10-9-13(11-16(15)24)25-20(29)12-30-22-27-17-6-2-1-5-14(17)21-26-18-7-3-4-8-19(18)28(21)22/h1-11H,12H2,(H,25,29). The van der Waals surface area contributed by atoms with Crippen molar-refractivity contribution in [1.29, 1.82) is 0 Å². The Kier molecular flexibility index (Phi) is 4.55. The first-order valence-corrected chi connectivity index (χ1v) is 10.1. The number of rotatable bonds is 4. The Morgan fingerprint density at radius 1 is 0.933 bits per heavy atom. The van der Waals surface area contributed by atoms with Crippen LogP contribution < -0.4 is 5.32 Å². The van der Waals surface area contributed by atoms with E-state index in [0.717, 1.165) is 39.7 Å². The first-order valence-electron chi connectivity index (χ1n) is 9.14. The summed E-state index contributed by atoms with van der Waals surface area (Å²) in [5, 5.41) is 4.12. The molecule has 3 aromatic carbocycles. The van der Waals surface area contributed by atoms with E-state index in [4.69, 9.17) is 9.97 Å². The number of carbonyl (C=O) groups is 1. The van der Waals surface area contributed by atoms with Crippen LogP contribution >= 0.6 is 11.8 Å². The number of anilines is 1. The van der Waals surface area contributed by atoms with Gasteiger partial charge in [0.05, 0.1) is 22.3 Å². The molecule has 0 bridgehead atoms. The second-order valence-corrected chi connectivity index (χ2v) is 7.58. The van der Waals surface area contributed by atoms with E-state index < -0.39 is 11.6 Å². The summed E-state index contributed by atoms with van der Waals surface area (Å²) in [6, 6.07) is 18.7. The fourth-order valence-corrected chi connectivity index (χ4v) is 4.12. The van der Waals surface area contributed by atoms with Gasteiger partial charge >= 0.3 is 0 Å². The van der Waals surface area contributed by atoms with Crippen LogP contribution in [-0.4, -0.2) is 26.0 Å². The van der Waals surface area contributed by atoms with Crippen molar-refractivity contribution >= 4 is 50.9 Å². The number of nitrogens with one attached hydrogen (secondary N) is 1. The van der Waals surface area contributed by atoms with Gasteiger partial charge in [-0.15, -0.1) is 0 Å². The maximum atomic E-state index is 13.4. The molecule has 2 heterocycles. The van der Waals surface area contributed by atoms with Gasteiger partial charge in [0, 0.05) is 17.1 Å². The molecule has 0 fully saturated rings. The Labute approximate surface area is 173 Å². The van der Waals surface area contributed by atoms with Crippen molar-refractivity contribution in [3.63, 3.8) is 0 Å². The van der Waals surface area contributed by atoms with Crippen molar-refractivity contribution in [1.82, 2.24) is 14.4 Å². The summed E-state index contributed by atoms with van der Waals surface area (Å²) in [7, 11) is 0. The molecule has 8 heteroatoms. The topological polar surface area (TPSA) is 59.3 Å². The number of aromatic nitrogens is 3. The predicted molar refractivity (Wildman–Crippen MR) is 114 cm³/mol. The van der Waals surface area contributed by atoms with Gasteiger partial charge in [-0.2, -0.15) is 0 Å². The number of benzene rings is 3. The van der Waals surface area contributed by atoms with Crippen molar-refractivity contribution in [2.45, 2.75) is 5.16 Å². The normalized spacial score (nSPS) is 11.4. The second kappa shape index (κ2) is 7.38. The summed E-state index contributed by atoms with van der Waals surface area (Å²) in [6.45, 7) is 0. The summed E-state index contributed by atoms with van der Waals surface area (Å²) in [4.78, 5) is 21.9. The van der Waals surface area contributed by atoms with Gasteiger partial charge in [0.15, 0.2) is 16.8 Å². The average Bonchev–Trinajstić information content (AvgIpc) is 3.15. The van der Waals surface area contributed by atoms with Crippen LogP contribution in [0.15, 0.2) is 71.9 Å². The van der Waals surface area contributed by atoms with Crippen LogP contribution in [0.2, 0.25) is 0 Å². The Hall–Kier alpha value is -3.52. The molecule has 0 aliphatic rings. The Morgan fingerprint density at radius 2 is 1.70 bits per heavy atom. The van der Waals surface area contributed by atoms with Gasteiger partial charge in [-0.05, 0) is 36.4 Å². The van der Waals surface area contributed by atoms with E-state index in [1.165, 1.54) is 17.8 Å². The largest absolute Gasteiger partial charge is 0.325 e. The molecular weight excluding hydrogens is 406 g/mol. The summed E-state index contributed by atoms with van der Waals surface area (Å²) < 4.78 is 28.4. The van der Waals surface area contributed by atoms with Crippen LogP contribution in [0.1, 0.15) is 0 Å². The van der Waals surface area contributed by atoms with Gasteiger partial charge in [0.25, 0.3) is 0 Å². The van der Waals surface area contributed by atoms with E-state index in [1.54, 1.807) is 0 Å². The Balaban J connectivity index is 1.50. The minimum absolute atomic E-state index is 0.0476. The highest BCUT2D eigenvalue weighted by Crippen LogP contribution is 2.29. The number of halogens is 2. The van der Waals surface area contributed by atoms with Gasteiger partial charge in [-0.1, -0.05) is 36.0 Å². The SMILES string of the molecule is O=C(CSc1nc2ccccc2c2nc3ccccc3n12)Nc1ccc(F)c(F)c1. The Morgan fingerprint density at radius 3 is 2.53 bits per heavy atom. The zero-order chi connectivity index (χ0) is 20.7. The number of thioether (sulfide) groups is 1. The summed E-state index contributed by atoms with van der Waals surface area (Å²) >= 11 is 1.25. The van der Waals surface area contributed by atoms with Crippen molar-refractivity contribution < 1.29 is 13.6 Å². The van der Waals surface area contributed by atoms with E-state index >= 15 is 0 Å². The fourth-order valence-electron chi connectivity index (χ4n) is 3.31. The molecule has 5 rings (SSSR count). The van der Waals surface area contributed by atoms with Gasteiger partial charge < -0.3 is 5.32 Å². The minimum atomic E-state index is -1.01. The predicted octanol–water partition coefficient (Wildman–Crippen LogP) is 5.04. The third-order valence-corrected chi connectivity index (χ3v) is 5.59. The van der Waals surface area contributed by atoms with Crippen LogP contribution in [0.4, 0.5) is 14.5 Å². The molecule has 1 amide bonds. The molecule has 148 valence electrons. The monoisotopic (exact) mass is 420 g/mol. The van der Waals surface area contributed by atoms with Gasteiger partial charge in [0.2, 0.25) is 5.91 Å². The molecule has 5 nitrogen and oxygen atoms in total. The average molecular weight is 420 g/mol. The molecule has 0 saturated heterocycles. The van der Waals surface area contributed by atoms with Gasteiger partial charge in [-0.3, -0.25) is 9.20 Å². The minimum Gasteiger partial charge on any atom is -0.325 e. The Bertz CT molecular complexity index is 1430. The fraction of sp³-hybridized carbons (Fsp3) is 0.0455. The lowest BCUT2D eigenvalue weighted by Gasteiger charge is -2.09. The van der Waals surface area contributed by atoms with Crippen molar-refractivity contribution in [2.24, 2.45) is 0 Å². The molecule has 0 atom stereocenters. The second-order valence-electron chi connectivity index (χ2n) is 6.64. The molecule has 0 aliphatic heterocycles. The molecule has 0 saturated carbocycles. The summed E-state index contributed by atoms with van der Waals surface area (Å²) in [6.07, 6.45) is 0. The maximum Gasteiger partial charge on any atom is 0.234 e. The molecule has 0 spiro atoms. The highest BCUT2D eigenvalue weighted by atomic mass is 32.2. The molecule has 0 aliphatic carbocycles. The van der Waals surface area contributed by atoms with Crippen molar-refractivity contribution in [3.8, 4) is 0 Å². The number of carbonyl (C=O) groups excluding carboxylic acids is 1. The molecular formula is C22H14F2N4OS. The molecule has 1 N–H and O–H groups in total. The van der Waals surface area contributed by atoms with E-state index in [2.05, 4.69) is 5.32 Å². The lowest BCUT2D eigenvalue weighted by molar-refractivity contribution is -0.113. The number of amides is 1. The zero-order valence-electron chi connectivity index (χ0n) is 15.5. The number of imidazole rings is 1. The molecule has 0 unspecified atom stereocenters. The third-order valence-electron chi connectivity index (χ3n) is 4.65. The first-order chi connectivity index (χ1) is 14.6. The number of fused-ring (bicyclic) bond motifs is 5. The van der Waals surface area contributed by atoms with E-state index in [9.17, 15) is 13.6 Å². The molecule has 0 radical (unpaired) electrons. The van der Waals surface area contributed by atoms with Gasteiger partial charge in [-0.25, -0.2) is 18.7 Å². The highest BCUT2D eigenvalue weighted by Gasteiger charge is 2.15. The van der Waals surface area contributed by atoms with Crippen LogP contribution in [0.3, 0.4) is 0 Å². The van der Waals surface area contributed by atoms with Crippen molar-refractivity contribution in [2.75, 3.05) is 11.1 Å². The van der Waals surface area contributed by atoms with E-state index in [1.807, 2.05) is 52.9 Å². The van der Waals surface area contributed by atoms with E-state index in [0.29, 0.717) is 5.16 Å². The van der Waals surface area contributed by atoms with Crippen molar-refractivity contribution in [3.05, 3.63) is 78.4 Å². The quantitative estimate of drug-likeness (QED) is 0.327. The van der Waals surface area contributed by atoms with Crippen LogP contribution in [-0.2, 0) is 4.79 Å². The lowest BCUT2D eigenvalue weighted by atomic mass is 10.2. The number of nitrogens with zero attached hydrogens (tertiary/aromatic N) is 3. The van der Waals surface area contributed by atoms with Crippen LogP contribution in [0.5, 0.6) is 0 Å². The molecule has 30 heavy (non-hydrogen) atoms. The number of hydrogen-bond acceptors (Lipinski definition) is 4. The van der Waals surface area contributed by atoms with Crippen LogP contribution in [0.25, 0.3) is 27.6 Å². The van der Waals surface area contributed by atoms with Gasteiger partial charge in [0.1, 0.15) is 5.65 Å². The number of hydrogen-bond donors (Lipinski definition) is 1. The number of para-hydroxylation sites is 3. The van der Waals surface area contributed by atoms with E-state index in [-0.39, 0.29) is 17.3 Å². The lowest BCUT2D eigenvalue weighted by Crippen LogP contribution is -2.15. The first kappa shape index (κ1) is 18.5. The third kappa shape index (κ3) is 3.25. The smallest absolute Gasteiger partial charge is 0.234 e. The zero-order valence-corrected chi connectivity index (χ0v) is 16.3. The summed E-state index contributed by atoms with van der Waals surface area (Å²) in [5.41, 5.74) is 3.48. The van der Waals surface area contributed by atoms with Crippen LogP contribution in [0, 0.1) is 11.6 Å². The maximum absolute atomic E-state index is 13.4. The molecule has 5 aromatic rings. The highest BCUT2D eigenvalue weighted by molar-refractivity contribution is 7.99. The summed E-state index contributed by atoms with van der Waals surface area (Å²) in [5.74, 6) is -2.27.